The van der Waals surface area contributed by atoms with Gasteiger partial charge in [-0.2, -0.15) is 4.37 Å². The van der Waals surface area contributed by atoms with Gasteiger partial charge in [-0.3, -0.25) is 0 Å². The largest absolute Gasteiger partial charge is 0.360 e. The lowest BCUT2D eigenvalue weighted by atomic mass is 9.90. The topological polar surface area (TPSA) is 37.8 Å². The van der Waals surface area contributed by atoms with Crippen LogP contribution < -0.4 is 5.32 Å². The molecule has 0 amide bonds. The van der Waals surface area contributed by atoms with Crippen LogP contribution in [-0.4, -0.2) is 15.9 Å². The monoisotopic (exact) mass is 185 g/mol. The highest BCUT2D eigenvalue weighted by Gasteiger charge is 2.14. The molecule has 12 heavy (non-hydrogen) atoms. The molecule has 0 bridgehead atoms. The van der Waals surface area contributed by atoms with Crippen LogP contribution in [-0.2, 0) is 0 Å². The van der Waals surface area contributed by atoms with Crippen molar-refractivity contribution in [1.29, 1.82) is 0 Å². The molecule has 0 unspecified atom stereocenters. The Bertz CT molecular complexity index is 218. The predicted molar refractivity (Wildman–Crippen MR) is 52.5 cm³/mol. The van der Waals surface area contributed by atoms with Crippen LogP contribution in [0.2, 0.25) is 0 Å². The van der Waals surface area contributed by atoms with Crippen LogP contribution in [0.25, 0.3) is 0 Å². The summed E-state index contributed by atoms with van der Waals surface area (Å²) in [7, 11) is 0. The summed E-state index contributed by atoms with van der Waals surface area (Å²) in [5, 5.41) is 4.17. The van der Waals surface area contributed by atoms with Gasteiger partial charge in [0.05, 0.1) is 0 Å². The van der Waals surface area contributed by atoms with Gasteiger partial charge >= 0.3 is 0 Å². The van der Waals surface area contributed by atoms with E-state index in [2.05, 4.69) is 35.4 Å². The van der Waals surface area contributed by atoms with Crippen LogP contribution in [0.4, 0.5) is 5.13 Å². The highest BCUT2D eigenvalue weighted by molar-refractivity contribution is 7.09. The third-order valence-corrected chi connectivity index (χ3v) is 2.66. The molecule has 0 fully saturated rings. The molecule has 4 heteroatoms. The lowest BCUT2D eigenvalue weighted by Gasteiger charge is -2.22. The fourth-order valence-corrected chi connectivity index (χ4v) is 1.12. The second kappa shape index (κ2) is 3.85. The van der Waals surface area contributed by atoms with Crippen molar-refractivity contribution in [2.75, 3.05) is 11.9 Å². The molecule has 0 saturated carbocycles. The highest BCUT2D eigenvalue weighted by atomic mass is 32.1. The van der Waals surface area contributed by atoms with Crippen LogP contribution in [0.3, 0.4) is 0 Å². The summed E-state index contributed by atoms with van der Waals surface area (Å²) in [6.45, 7) is 7.63. The van der Waals surface area contributed by atoms with E-state index in [-0.39, 0.29) is 0 Å². The standard InChI is InChI=1S/C8H15N3S/c1-4-8(2,3)5-9-7-10-6-11-12-7/h6H,4-5H2,1-3H3,(H,9,10,11). The maximum Gasteiger partial charge on any atom is 0.202 e. The molecule has 0 atom stereocenters. The number of aromatic nitrogens is 2. The molecule has 68 valence electrons. The van der Waals surface area contributed by atoms with Crippen LogP contribution in [0.15, 0.2) is 6.33 Å². The summed E-state index contributed by atoms with van der Waals surface area (Å²) in [6, 6.07) is 0. The van der Waals surface area contributed by atoms with Gasteiger partial charge in [-0.05, 0) is 11.8 Å². The lowest BCUT2D eigenvalue weighted by molar-refractivity contribution is 0.377. The normalized spacial score (nSPS) is 11.6. The second-order valence-corrected chi connectivity index (χ2v) is 4.40. The van der Waals surface area contributed by atoms with E-state index in [1.807, 2.05) is 0 Å². The highest BCUT2D eigenvalue weighted by Crippen LogP contribution is 2.20. The van der Waals surface area contributed by atoms with Gasteiger partial charge in [-0.1, -0.05) is 20.8 Å². The summed E-state index contributed by atoms with van der Waals surface area (Å²) < 4.78 is 3.92. The SMILES string of the molecule is CCC(C)(C)CNc1ncns1. The van der Waals surface area contributed by atoms with Gasteiger partial charge in [-0.25, -0.2) is 4.98 Å². The summed E-state index contributed by atoms with van der Waals surface area (Å²) in [5.41, 5.74) is 0.339. The number of hydrogen-bond acceptors (Lipinski definition) is 4. The molecule has 0 radical (unpaired) electrons. The van der Waals surface area contributed by atoms with Crippen LogP contribution in [0, 0.1) is 5.41 Å². The third-order valence-electron chi connectivity index (χ3n) is 2.04. The molecular weight excluding hydrogens is 170 g/mol. The van der Waals surface area contributed by atoms with E-state index in [0.29, 0.717) is 5.41 Å². The number of rotatable bonds is 4. The Kier molecular flexibility index (Phi) is 3.03. The Morgan fingerprint density at radius 2 is 2.33 bits per heavy atom. The summed E-state index contributed by atoms with van der Waals surface area (Å²) >= 11 is 1.40. The van der Waals surface area contributed by atoms with E-state index in [4.69, 9.17) is 0 Å². The maximum absolute atomic E-state index is 4.05. The molecule has 3 nitrogen and oxygen atoms in total. The number of hydrogen-bond donors (Lipinski definition) is 1. The molecule has 0 aliphatic carbocycles. The summed E-state index contributed by atoms with van der Waals surface area (Å²) in [4.78, 5) is 4.05. The van der Waals surface area contributed by atoms with Crippen molar-refractivity contribution in [2.45, 2.75) is 27.2 Å². The molecule has 1 aromatic rings. The quantitative estimate of drug-likeness (QED) is 0.782. The van der Waals surface area contributed by atoms with Gasteiger partial charge in [-0.15, -0.1) is 0 Å². The van der Waals surface area contributed by atoms with E-state index >= 15 is 0 Å². The van der Waals surface area contributed by atoms with Gasteiger partial charge in [0.1, 0.15) is 6.33 Å². The van der Waals surface area contributed by atoms with Crippen molar-refractivity contribution >= 4 is 16.7 Å². The van der Waals surface area contributed by atoms with Crippen LogP contribution >= 0.6 is 11.5 Å². The zero-order valence-corrected chi connectivity index (χ0v) is 8.61. The van der Waals surface area contributed by atoms with Gasteiger partial charge in [0, 0.05) is 18.1 Å². The molecule has 0 aliphatic heterocycles. The van der Waals surface area contributed by atoms with E-state index in [1.54, 1.807) is 6.33 Å². The average Bonchev–Trinajstić information content (AvgIpc) is 2.53. The predicted octanol–water partition coefficient (Wildman–Crippen LogP) is 2.39. The van der Waals surface area contributed by atoms with Crippen molar-refractivity contribution in [3.8, 4) is 0 Å². The van der Waals surface area contributed by atoms with Crippen LogP contribution in [0.1, 0.15) is 27.2 Å². The van der Waals surface area contributed by atoms with Crippen molar-refractivity contribution in [1.82, 2.24) is 9.36 Å². The van der Waals surface area contributed by atoms with Gasteiger partial charge < -0.3 is 5.32 Å². The Balaban J connectivity index is 2.36. The first-order valence-electron chi connectivity index (χ1n) is 4.14. The average molecular weight is 185 g/mol. The molecule has 1 rings (SSSR count). The van der Waals surface area contributed by atoms with E-state index in [9.17, 15) is 0 Å². The van der Waals surface area contributed by atoms with Gasteiger partial charge in [0.15, 0.2) is 0 Å². The van der Waals surface area contributed by atoms with Crippen molar-refractivity contribution in [3.63, 3.8) is 0 Å². The maximum atomic E-state index is 4.05. The third kappa shape index (κ3) is 2.77. The Morgan fingerprint density at radius 1 is 1.58 bits per heavy atom. The van der Waals surface area contributed by atoms with Gasteiger partial charge in [0.2, 0.25) is 5.13 Å². The van der Waals surface area contributed by atoms with Crippen molar-refractivity contribution in [3.05, 3.63) is 6.33 Å². The Labute approximate surface area is 77.4 Å². The first-order valence-corrected chi connectivity index (χ1v) is 4.92. The van der Waals surface area contributed by atoms with Crippen molar-refractivity contribution in [2.24, 2.45) is 5.41 Å². The van der Waals surface area contributed by atoms with E-state index in [0.717, 1.165) is 11.7 Å². The fraction of sp³-hybridized carbons (Fsp3) is 0.750. The molecule has 0 aliphatic rings. The first kappa shape index (κ1) is 9.45. The number of nitrogens with zero attached hydrogens (tertiary/aromatic N) is 2. The smallest absolute Gasteiger partial charge is 0.202 e. The summed E-state index contributed by atoms with van der Waals surface area (Å²) in [6.07, 6.45) is 2.74. The minimum absolute atomic E-state index is 0.339. The van der Waals surface area contributed by atoms with Crippen LogP contribution in [0.5, 0.6) is 0 Å². The van der Waals surface area contributed by atoms with E-state index in [1.165, 1.54) is 18.0 Å². The minimum atomic E-state index is 0.339. The molecule has 0 aromatic carbocycles. The Hall–Kier alpha value is -0.640. The molecule has 0 saturated heterocycles. The number of anilines is 1. The molecule has 1 heterocycles. The molecular formula is C8H15N3S. The molecule has 1 N–H and O–H groups in total. The Morgan fingerprint density at radius 3 is 2.83 bits per heavy atom. The molecule has 0 spiro atoms. The lowest BCUT2D eigenvalue weighted by Crippen LogP contribution is -2.21. The second-order valence-electron chi connectivity index (χ2n) is 3.62. The minimum Gasteiger partial charge on any atom is -0.360 e. The number of nitrogens with one attached hydrogen (secondary N) is 1. The molecule has 1 aromatic heterocycles. The fourth-order valence-electron chi connectivity index (χ4n) is 0.691. The van der Waals surface area contributed by atoms with Gasteiger partial charge in [0.25, 0.3) is 0 Å². The zero-order chi connectivity index (χ0) is 9.03. The zero-order valence-electron chi connectivity index (χ0n) is 7.79. The first-order chi connectivity index (χ1) is 5.64. The van der Waals surface area contributed by atoms with Crippen molar-refractivity contribution < 1.29 is 0 Å². The van der Waals surface area contributed by atoms with E-state index < -0.39 is 0 Å². The summed E-state index contributed by atoms with van der Waals surface area (Å²) in [5.74, 6) is 0.